The Hall–Kier alpha value is -3.40. The maximum Gasteiger partial charge on any atom is 0.259 e. The molecule has 4 heteroatoms. The first kappa shape index (κ1) is 15.5. The lowest BCUT2D eigenvalue weighted by Gasteiger charge is -2.07. The number of nitrogens with zero attached hydrogens (tertiary/aromatic N) is 1. The Labute approximate surface area is 140 Å². The molecule has 3 aromatic rings. The van der Waals surface area contributed by atoms with Crippen LogP contribution in [0.3, 0.4) is 0 Å². The monoisotopic (exact) mass is 316 g/mol. The molecule has 0 radical (unpaired) electrons. The zero-order valence-corrected chi connectivity index (χ0v) is 12.9. The summed E-state index contributed by atoms with van der Waals surface area (Å²) in [7, 11) is 0. The Morgan fingerprint density at radius 3 is 2.29 bits per heavy atom. The van der Waals surface area contributed by atoms with Crippen LogP contribution in [0.25, 0.3) is 0 Å². The van der Waals surface area contributed by atoms with Crippen molar-refractivity contribution >= 4 is 23.5 Å². The third-order valence-corrected chi connectivity index (χ3v) is 3.42. The lowest BCUT2D eigenvalue weighted by atomic mass is 10.1. The van der Waals surface area contributed by atoms with Crippen LogP contribution in [-0.2, 0) is 0 Å². The summed E-state index contributed by atoms with van der Waals surface area (Å²) in [4.78, 5) is 16.7. The fraction of sp³-hybridized carbons (Fsp3) is 0. The van der Waals surface area contributed by atoms with E-state index in [1.165, 1.54) is 6.07 Å². The molecule has 0 aliphatic rings. The van der Waals surface area contributed by atoms with Crippen LogP contribution < -0.4 is 5.32 Å². The highest BCUT2D eigenvalue weighted by molar-refractivity contribution is 6.07. The van der Waals surface area contributed by atoms with Gasteiger partial charge in [0.25, 0.3) is 5.91 Å². The summed E-state index contributed by atoms with van der Waals surface area (Å²) in [5, 5.41) is 12.7. The summed E-state index contributed by atoms with van der Waals surface area (Å²) in [6, 6.07) is 23.4. The van der Waals surface area contributed by atoms with Crippen LogP contribution >= 0.6 is 0 Å². The molecule has 0 atom stereocenters. The summed E-state index contributed by atoms with van der Waals surface area (Å²) < 4.78 is 0. The van der Waals surface area contributed by atoms with Crippen molar-refractivity contribution in [1.29, 1.82) is 0 Å². The Bertz CT molecular complexity index is 859. The number of para-hydroxylation sites is 2. The molecule has 0 aliphatic carbocycles. The zero-order valence-electron chi connectivity index (χ0n) is 12.9. The van der Waals surface area contributed by atoms with E-state index in [2.05, 4.69) is 10.3 Å². The number of rotatable bonds is 4. The van der Waals surface area contributed by atoms with Gasteiger partial charge in [-0.3, -0.25) is 9.79 Å². The second kappa shape index (κ2) is 7.24. The molecule has 0 saturated heterocycles. The SMILES string of the molecule is O=C(Nc1ccccc1)c1cc(C=Nc2ccccc2)ccc1O. The highest BCUT2D eigenvalue weighted by Crippen LogP contribution is 2.20. The standard InChI is InChI=1S/C20H16N2O2/c23-19-12-11-15(14-21-16-7-3-1-4-8-16)13-18(19)20(24)22-17-9-5-2-6-10-17/h1-14,23H,(H,22,24). The quantitative estimate of drug-likeness (QED) is 0.701. The van der Waals surface area contributed by atoms with Gasteiger partial charge in [-0.1, -0.05) is 36.4 Å². The number of hydrogen-bond acceptors (Lipinski definition) is 3. The number of hydrogen-bond donors (Lipinski definition) is 2. The van der Waals surface area contributed by atoms with E-state index in [9.17, 15) is 9.90 Å². The second-order valence-electron chi connectivity index (χ2n) is 5.19. The van der Waals surface area contributed by atoms with Gasteiger partial charge >= 0.3 is 0 Å². The fourth-order valence-electron chi connectivity index (χ4n) is 2.20. The van der Waals surface area contributed by atoms with E-state index in [0.717, 1.165) is 11.3 Å². The molecule has 118 valence electrons. The van der Waals surface area contributed by atoms with Gasteiger partial charge in [-0.05, 0) is 48.0 Å². The molecule has 0 fully saturated rings. The van der Waals surface area contributed by atoms with Crippen molar-refractivity contribution < 1.29 is 9.90 Å². The number of phenolic OH excluding ortho intramolecular Hbond substituents is 1. The van der Waals surface area contributed by atoms with E-state index < -0.39 is 0 Å². The molecule has 0 heterocycles. The number of nitrogens with one attached hydrogen (secondary N) is 1. The third-order valence-electron chi connectivity index (χ3n) is 3.42. The molecule has 0 saturated carbocycles. The van der Waals surface area contributed by atoms with Crippen molar-refractivity contribution in [3.05, 3.63) is 90.0 Å². The molecule has 2 N–H and O–H groups in total. The highest BCUT2D eigenvalue weighted by atomic mass is 16.3. The zero-order chi connectivity index (χ0) is 16.8. The van der Waals surface area contributed by atoms with Crippen molar-refractivity contribution in [3.63, 3.8) is 0 Å². The van der Waals surface area contributed by atoms with Crippen LogP contribution in [0.15, 0.2) is 83.9 Å². The van der Waals surface area contributed by atoms with Crippen LogP contribution in [0.4, 0.5) is 11.4 Å². The average Bonchev–Trinajstić information content (AvgIpc) is 2.62. The molecular formula is C20H16N2O2. The first-order chi connectivity index (χ1) is 11.7. The lowest BCUT2D eigenvalue weighted by Crippen LogP contribution is -2.12. The van der Waals surface area contributed by atoms with E-state index >= 15 is 0 Å². The Morgan fingerprint density at radius 2 is 1.58 bits per heavy atom. The maximum atomic E-state index is 12.3. The number of carbonyl (C=O) groups excluding carboxylic acids is 1. The number of carbonyl (C=O) groups is 1. The summed E-state index contributed by atoms with van der Waals surface area (Å²) >= 11 is 0. The van der Waals surface area contributed by atoms with Crippen LogP contribution in [0.5, 0.6) is 5.75 Å². The van der Waals surface area contributed by atoms with Gasteiger partial charge in [0.1, 0.15) is 5.75 Å². The third kappa shape index (κ3) is 3.87. The van der Waals surface area contributed by atoms with Crippen molar-refractivity contribution in [1.82, 2.24) is 0 Å². The van der Waals surface area contributed by atoms with Gasteiger partial charge in [-0.2, -0.15) is 0 Å². The van der Waals surface area contributed by atoms with E-state index in [1.807, 2.05) is 48.5 Å². The average molecular weight is 316 g/mol. The summed E-state index contributed by atoms with van der Waals surface area (Å²) in [6.45, 7) is 0. The molecule has 1 amide bonds. The number of benzene rings is 3. The molecule has 24 heavy (non-hydrogen) atoms. The van der Waals surface area contributed by atoms with Gasteiger partial charge in [0.05, 0.1) is 11.3 Å². The van der Waals surface area contributed by atoms with Crippen molar-refractivity contribution in [2.45, 2.75) is 0 Å². The topological polar surface area (TPSA) is 61.7 Å². The largest absolute Gasteiger partial charge is 0.507 e. The highest BCUT2D eigenvalue weighted by Gasteiger charge is 2.11. The van der Waals surface area contributed by atoms with Crippen LogP contribution in [0.1, 0.15) is 15.9 Å². The fourth-order valence-corrected chi connectivity index (χ4v) is 2.20. The van der Waals surface area contributed by atoms with E-state index in [1.54, 1.807) is 30.5 Å². The van der Waals surface area contributed by atoms with Gasteiger partial charge < -0.3 is 10.4 Å². The summed E-state index contributed by atoms with van der Waals surface area (Å²) in [5.41, 5.74) is 2.43. The predicted octanol–water partition coefficient (Wildman–Crippen LogP) is 4.40. The van der Waals surface area contributed by atoms with Crippen molar-refractivity contribution in [3.8, 4) is 5.75 Å². The molecule has 0 unspecified atom stereocenters. The molecule has 0 bridgehead atoms. The number of anilines is 1. The first-order valence-electron chi connectivity index (χ1n) is 7.51. The molecule has 3 aromatic carbocycles. The lowest BCUT2D eigenvalue weighted by molar-refractivity contribution is 0.102. The van der Waals surface area contributed by atoms with Crippen LogP contribution in [0, 0.1) is 0 Å². The van der Waals surface area contributed by atoms with E-state index in [-0.39, 0.29) is 17.2 Å². The second-order valence-corrected chi connectivity index (χ2v) is 5.19. The minimum atomic E-state index is -0.367. The van der Waals surface area contributed by atoms with Gasteiger partial charge in [-0.15, -0.1) is 0 Å². The van der Waals surface area contributed by atoms with E-state index in [0.29, 0.717) is 5.69 Å². The number of aromatic hydroxyl groups is 1. The molecule has 3 rings (SSSR count). The molecule has 4 nitrogen and oxygen atoms in total. The van der Waals surface area contributed by atoms with Gasteiger partial charge in [-0.25, -0.2) is 0 Å². The predicted molar refractivity (Wildman–Crippen MR) is 96.2 cm³/mol. The maximum absolute atomic E-state index is 12.3. The molecule has 0 aliphatic heterocycles. The van der Waals surface area contributed by atoms with Crippen LogP contribution in [-0.4, -0.2) is 17.2 Å². The van der Waals surface area contributed by atoms with Crippen LogP contribution in [0.2, 0.25) is 0 Å². The molecule has 0 aromatic heterocycles. The first-order valence-corrected chi connectivity index (χ1v) is 7.51. The smallest absolute Gasteiger partial charge is 0.259 e. The Balaban J connectivity index is 1.81. The van der Waals surface area contributed by atoms with Crippen molar-refractivity contribution in [2.75, 3.05) is 5.32 Å². The number of phenols is 1. The minimum Gasteiger partial charge on any atom is -0.507 e. The number of amides is 1. The summed E-state index contributed by atoms with van der Waals surface area (Å²) in [6.07, 6.45) is 1.66. The normalized spacial score (nSPS) is 10.7. The molecule has 0 spiro atoms. The minimum absolute atomic E-state index is 0.0692. The summed E-state index contributed by atoms with van der Waals surface area (Å²) in [5.74, 6) is -0.436. The van der Waals surface area contributed by atoms with Gasteiger partial charge in [0.2, 0.25) is 0 Å². The van der Waals surface area contributed by atoms with E-state index in [4.69, 9.17) is 0 Å². The van der Waals surface area contributed by atoms with Gasteiger partial charge in [0.15, 0.2) is 0 Å². The molecular weight excluding hydrogens is 300 g/mol. The number of aliphatic imine (C=N–C) groups is 1. The van der Waals surface area contributed by atoms with Gasteiger partial charge in [0, 0.05) is 11.9 Å². The Morgan fingerprint density at radius 1 is 0.917 bits per heavy atom. The van der Waals surface area contributed by atoms with Crippen molar-refractivity contribution in [2.24, 2.45) is 4.99 Å². The Kier molecular flexibility index (Phi) is 4.68.